The van der Waals surface area contributed by atoms with Crippen molar-refractivity contribution in [2.24, 2.45) is 0 Å². The number of benzene rings is 2. The van der Waals surface area contributed by atoms with Crippen molar-refractivity contribution in [2.75, 3.05) is 28.2 Å². The minimum absolute atomic E-state index is 0.0467. The lowest BCUT2D eigenvalue weighted by molar-refractivity contribution is 0.256. The third kappa shape index (κ3) is 2.54. The first-order chi connectivity index (χ1) is 11.2. The van der Waals surface area contributed by atoms with Crippen LogP contribution in [0, 0.1) is 6.92 Å². The van der Waals surface area contributed by atoms with Crippen LogP contribution in [-0.2, 0) is 0 Å². The quantitative estimate of drug-likeness (QED) is 0.864. The van der Waals surface area contributed by atoms with Gasteiger partial charge >= 0.3 is 6.03 Å². The van der Waals surface area contributed by atoms with Gasteiger partial charge in [-0.2, -0.15) is 0 Å². The van der Waals surface area contributed by atoms with Crippen molar-refractivity contribution in [1.29, 1.82) is 0 Å². The van der Waals surface area contributed by atoms with E-state index in [1.807, 2.05) is 48.2 Å². The second-order valence-electron chi connectivity index (χ2n) is 6.39. The fourth-order valence-corrected chi connectivity index (χ4v) is 3.69. The first-order valence-corrected chi connectivity index (χ1v) is 8.23. The summed E-state index contributed by atoms with van der Waals surface area (Å²) in [4.78, 5) is 17.2. The van der Waals surface area contributed by atoms with Crippen molar-refractivity contribution in [3.8, 4) is 0 Å². The van der Waals surface area contributed by atoms with Gasteiger partial charge in [-0.15, -0.1) is 0 Å². The molecule has 2 aliphatic rings. The number of nitrogens with one attached hydrogen (secondary N) is 1. The van der Waals surface area contributed by atoms with Gasteiger partial charge in [-0.25, -0.2) is 4.79 Å². The van der Waals surface area contributed by atoms with E-state index in [9.17, 15) is 4.79 Å². The molecule has 2 heterocycles. The van der Waals surface area contributed by atoms with E-state index < -0.39 is 0 Å². The summed E-state index contributed by atoms with van der Waals surface area (Å²) in [6.07, 6.45) is 2.36. The Morgan fingerprint density at radius 1 is 1.13 bits per heavy atom. The lowest BCUT2D eigenvalue weighted by Gasteiger charge is -2.40. The first-order valence-electron chi connectivity index (χ1n) is 8.23. The van der Waals surface area contributed by atoms with Crippen molar-refractivity contribution < 1.29 is 4.79 Å². The Kier molecular flexibility index (Phi) is 3.45. The number of hydrogen-bond acceptors (Lipinski definition) is 2. The molecule has 0 saturated carbocycles. The van der Waals surface area contributed by atoms with Gasteiger partial charge in [0.25, 0.3) is 0 Å². The van der Waals surface area contributed by atoms with Gasteiger partial charge in [0.05, 0.1) is 11.4 Å². The summed E-state index contributed by atoms with van der Waals surface area (Å²) in [5.41, 5.74) is 4.18. The molecule has 1 fully saturated rings. The van der Waals surface area contributed by atoms with Crippen molar-refractivity contribution >= 4 is 23.1 Å². The average Bonchev–Trinajstić information content (AvgIpc) is 3.03. The zero-order chi connectivity index (χ0) is 15.8. The standard InChI is InChI=1S/C19H21N3O/c1-14-6-4-7-15(12-14)20-19(23)22-13-16-8-5-11-21(16)17-9-2-3-10-18(17)22/h2-4,6-7,9-10,12,16H,5,8,11,13H2,1H3,(H,20,23)/t16-/m0/s1. The fourth-order valence-electron chi connectivity index (χ4n) is 3.69. The summed E-state index contributed by atoms with van der Waals surface area (Å²) in [5, 5.41) is 3.04. The Hall–Kier alpha value is -2.49. The average molecular weight is 307 g/mol. The predicted molar refractivity (Wildman–Crippen MR) is 94.4 cm³/mol. The predicted octanol–water partition coefficient (Wildman–Crippen LogP) is 4.02. The lowest BCUT2D eigenvalue weighted by atomic mass is 10.1. The molecule has 118 valence electrons. The fraction of sp³-hybridized carbons (Fsp3) is 0.316. The van der Waals surface area contributed by atoms with Crippen LogP contribution in [0.2, 0.25) is 0 Å². The molecule has 2 aromatic carbocycles. The highest BCUT2D eigenvalue weighted by Gasteiger charge is 2.36. The first kappa shape index (κ1) is 14.1. The van der Waals surface area contributed by atoms with Gasteiger partial charge in [0.1, 0.15) is 0 Å². The highest BCUT2D eigenvalue weighted by molar-refractivity contribution is 6.04. The largest absolute Gasteiger partial charge is 0.365 e. The summed E-state index contributed by atoms with van der Waals surface area (Å²) < 4.78 is 0. The Morgan fingerprint density at radius 3 is 2.78 bits per heavy atom. The minimum Gasteiger partial charge on any atom is -0.365 e. The zero-order valence-electron chi connectivity index (χ0n) is 13.3. The van der Waals surface area contributed by atoms with Gasteiger partial charge in [-0.05, 0) is 49.6 Å². The molecule has 2 aliphatic heterocycles. The number of rotatable bonds is 1. The smallest absolute Gasteiger partial charge is 0.326 e. The summed E-state index contributed by atoms with van der Waals surface area (Å²) in [6, 6.07) is 16.5. The summed E-state index contributed by atoms with van der Waals surface area (Å²) in [6.45, 7) is 3.88. The van der Waals surface area contributed by atoms with E-state index in [2.05, 4.69) is 22.3 Å². The van der Waals surface area contributed by atoms with Gasteiger partial charge in [0, 0.05) is 24.8 Å². The van der Waals surface area contributed by atoms with E-state index in [-0.39, 0.29) is 6.03 Å². The Bertz CT molecular complexity index is 743. The normalized spacial score (nSPS) is 19.3. The van der Waals surface area contributed by atoms with Gasteiger partial charge < -0.3 is 10.2 Å². The molecule has 2 aromatic rings. The molecule has 4 nitrogen and oxygen atoms in total. The van der Waals surface area contributed by atoms with Crippen LogP contribution in [0.25, 0.3) is 0 Å². The number of carbonyl (C=O) groups is 1. The van der Waals surface area contributed by atoms with Crippen LogP contribution in [0.3, 0.4) is 0 Å². The summed E-state index contributed by atoms with van der Waals surface area (Å²) >= 11 is 0. The van der Waals surface area contributed by atoms with Crippen LogP contribution < -0.4 is 15.1 Å². The van der Waals surface area contributed by atoms with E-state index in [1.165, 1.54) is 12.1 Å². The third-order valence-electron chi connectivity index (χ3n) is 4.77. The molecular weight excluding hydrogens is 286 g/mol. The van der Waals surface area contributed by atoms with Crippen LogP contribution in [0.1, 0.15) is 18.4 Å². The van der Waals surface area contributed by atoms with Gasteiger partial charge in [-0.3, -0.25) is 4.90 Å². The molecule has 0 unspecified atom stereocenters. The molecule has 0 aromatic heterocycles. The number of urea groups is 1. The van der Waals surface area contributed by atoms with Gasteiger partial charge in [0.2, 0.25) is 0 Å². The van der Waals surface area contributed by atoms with Crippen LogP contribution in [0.5, 0.6) is 0 Å². The number of carbonyl (C=O) groups excluding carboxylic acids is 1. The molecule has 0 radical (unpaired) electrons. The van der Waals surface area contributed by atoms with Crippen molar-refractivity contribution in [2.45, 2.75) is 25.8 Å². The summed E-state index contributed by atoms with van der Waals surface area (Å²) in [5.74, 6) is 0. The minimum atomic E-state index is -0.0467. The monoisotopic (exact) mass is 307 g/mol. The molecule has 23 heavy (non-hydrogen) atoms. The van der Waals surface area contributed by atoms with Gasteiger partial charge in [0.15, 0.2) is 0 Å². The molecule has 4 rings (SSSR count). The number of hydrogen-bond donors (Lipinski definition) is 1. The van der Waals surface area contributed by atoms with E-state index in [4.69, 9.17) is 0 Å². The highest BCUT2D eigenvalue weighted by Crippen LogP contribution is 2.39. The molecule has 2 amide bonds. The van der Waals surface area contributed by atoms with E-state index >= 15 is 0 Å². The number of fused-ring (bicyclic) bond motifs is 3. The maximum Gasteiger partial charge on any atom is 0.326 e. The highest BCUT2D eigenvalue weighted by atomic mass is 16.2. The molecule has 1 atom stereocenters. The van der Waals surface area contributed by atoms with Crippen molar-refractivity contribution in [3.63, 3.8) is 0 Å². The Labute approximate surface area is 136 Å². The Morgan fingerprint density at radius 2 is 1.96 bits per heavy atom. The molecule has 1 saturated heterocycles. The molecule has 1 N–H and O–H groups in total. The van der Waals surface area contributed by atoms with Crippen molar-refractivity contribution in [1.82, 2.24) is 0 Å². The van der Waals surface area contributed by atoms with Crippen LogP contribution in [0.4, 0.5) is 21.9 Å². The second kappa shape index (κ2) is 5.61. The molecule has 0 spiro atoms. The SMILES string of the molecule is Cc1cccc(NC(=O)N2C[C@@H]3CCCN3c3ccccc32)c1. The third-order valence-corrected chi connectivity index (χ3v) is 4.77. The van der Waals surface area contributed by atoms with E-state index in [0.29, 0.717) is 6.04 Å². The Balaban J connectivity index is 1.63. The maximum atomic E-state index is 12.8. The van der Waals surface area contributed by atoms with Gasteiger partial charge in [-0.1, -0.05) is 24.3 Å². The van der Waals surface area contributed by atoms with Crippen LogP contribution >= 0.6 is 0 Å². The molecule has 0 bridgehead atoms. The van der Waals surface area contributed by atoms with Crippen molar-refractivity contribution in [3.05, 3.63) is 54.1 Å². The number of amides is 2. The topological polar surface area (TPSA) is 35.6 Å². The van der Waals surface area contributed by atoms with Crippen LogP contribution in [-0.4, -0.2) is 25.2 Å². The van der Waals surface area contributed by atoms with E-state index in [1.54, 1.807) is 0 Å². The molecular formula is C19H21N3O. The van der Waals surface area contributed by atoms with E-state index in [0.717, 1.165) is 36.4 Å². The number of nitrogens with zero attached hydrogens (tertiary/aromatic N) is 2. The molecule has 0 aliphatic carbocycles. The molecule has 4 heteroatoms. The number of aryl methyl sites for hydroxylation is 1. The number of anilines is 3. The number of para-hydroxylation sites is 2. The van der Waals surface area contributed by atoms with Crippen LogP contribution in [0.15, 0.2) is 48.5 Å². The lowest BCUT2D eigenvalue weighted by Crippen LogP contribution is -2.49. The second-order valence-corrected chi connectivity index (χ2v) is 6.39. The summed E-state index contributed by atoms with van der Waals surface area (Å²) in [7, 11) is 0. The maximum absolute atomic E-state index is 12.8. The zero-order valence-corrected chi connectivity index (χ0v) is 13.3.